The molecule has 47 heavy (non-hydrogen) atoms. The summed E-state index contributed by atoms with van der Waals surface area (Å²) in [5.41, 5.74) is 4.48. The molecule has 19 heteroatoms. The van der Waals surface area contributed by atoms with Crippen molar-refractivity contribution in [2.24, 2.45) is 0 Å². The Morgan fingerprint density at radius 3 is 2.02 bits per heavy atom. The highest BCUT2D eigenvalue weighted by atomic mass is 19.4. The maximum atomic E-state index is 10.6. The van der Waals surface area contributed by atoms with E-state index in [9.17, 15) is 36.9 Å². The number of anilines is 2. The maximum Gasteiger partial charge on any atom is 0.490 e. The smallest absolute Gasteiger partial charge is 0.476 e. The molecule has 1 aliphatic rings. The van der Waals surface area contributed by atoms with Crippen LogP contribution in [0, 0.1) is 34.0 Å². The predicted molar refractivity (Wildman–Crippen MR) is 146 cm³/mol. The number of benzene rings is 1. The molecule has 240 valence electrons. The van der Waals surface area contributed by atoms with E-state index in [0.29, 0.717) is 28.6 Å². The van der Waals surface area contributed by atoms with Crippen LogP contribution in [0.25, 0.3) is 33.9 Å². The lowest BCUT2D eigenvalue weighted by atomic mass is 10.0. The van der Waals surface area contributed by atoms with Crippen LogP contribution in [0.4, 0.5) is 37.8 Å². The molecule has 4 heterocycles. The molecule has 0 aliphatic carbocycles. The minimum absolute atomic E-state index is 0.206. The van der Waals surface area contributed by atoms with Crippen LogP contribution in [-0.2, 0) is 9.59 Å². The quantitative estimate of drug-likeness (QED) is 0.175. The Morgan fingerprint density at radius 2 is 1.51 bits per heavy atom. The summed E-state index contributed by atoms with van der Waals surface area (Å²) in [7, 11) is 0. The highest BCUT2D eigenvalue weighted by Crippen LogP contribution is 2.43. The Labute approximate surface area is 259 Å². The van der Waals surface area contributed by atoms with Crippen molar-refractivity contribution in [1.29, 1.82) is 15.8 Å². The van der Waals surface area contributed by atoms with Crippen molar-refractivity contribution in [1.82, 2.24) is 19.9 Å². The first-order valence-corrected chi connectivity index (χ1v) is 12.4. The van der Waals surface area contributed by atoms with Gasteiger partial charge in [0, 0.05) is 23.5 Å². The van der Waals surface area contributed by atoms with Gasteiger partial charge in [-0.25, -0.2) is 19.6 Å². The highest BCUT2D eigenvalue weighted by molar-refractivity contribution is 5.95. The van der Waals surface area contributed by atoms with Crippen LogP contribution in [0.2, 0.25) is 0 Å². The second-order valence-electron chi connectivity index (χ2n) is 8.87. The molecule has 0 radical (unpaired) electrons. The lowest BCUT2D eigenvalue weighted by molar-refractivity contribution is -0.193. The number of ether oxygens (including phenoxy) is 1. The van der Waals surface area contributed by atoms with Gasteiger partial charge in [0.25, 0.3) is 0 Å². The molecule has 1 aliphatic heterocycles. The number of fused-ring (bicyclic) bond motifs is 5. The molecular formula is C28H16F6N8O5. The summed E-state index contributed by atoms with van der Waals surface area (Å²) in [4.78, 5) is 34.5. The number of hydrogen-bond acceptors (Lipinski definition) is 10. The lowest BCUT2D eigenvalue weighted by Crippen LogP contribution is -2.21. The van der Waals surface area contributed by atoms with Crippen molar-refractivity contribution in [2.75, 3.05) is 5.32 Å². The van der Waals surface area contributed by atoms with Gasteiger partial charge in [0.15, 0.2) is 6.10 Å². The SMILES string of the molecule is CC(C#N)Oc1cc(C#N)c(-c2nc3c([nH]2)-c2ccncc2Nc2ncccc2-3)c(C#N)c1.O=C(O)C(F)(F)F.O=C(O)C(F)(F)F. The first kappa shape index (κ1) is 34.8. The number of aliphatic carboxylic acids is 2. The van der Waals surface area contributed by atoms with E-state index < -0.39 is 30.4 Å². The Kier molecular flexibility index (Phi) is 10.3. The lowest BCUT2D eigenvalue weighted by Gasteiger charge is -2.11. The number of aromatic nitrogens is 4. The van der Waals surface area contributed by atoms with Crippen molar-refractivity contribution in [2.45, 2.75) is 25.4 Å². The molecule has 13 nitrogen and oxygen atoms in total. The average molecular weight is 658 g/mol. The number of nitriles is 3. The zero-order valence-corrected chi connectivity index (χ0v) is 23.3. The number of rotatable bonds is 3. The molecule has 0 saturated heterocycles. The van der Waals surface area contributed by atoms with Crippen molar-refractivity contribution in [3.05, 3.63) is 60.0 Å². The fourth-order valence-corrected chi connectivity index (χ4v) is 3.76. The number of aromatic amines is 1. The molecule has 0 bridgehead atoms. The fraction of sp³-hybridized carbons (Fsp3) is 0.143. The van der Waals surface area contributed by atoms with Gasteiger partial charge in [0.05, 0.1) is 34.3 Å². The summed E-state index contributed by atoms with van der Waals surface area (Å²) >= 11 is 0. The first-order valence-electron chi connectivity index (χ1n) is 12.4. The zero-order valence-electron chi connectivity index (χ0n) is 23.3. The normalized spacial score (nSPS) is 11.7. The summed E-state index contributed by atoms with van der Waals surface area (Å²) in [5, 5.41) is 46.2. The van der Waals surface area contributed by atoms with Crippen LogP contribution >= 0.6 is 0 Å². The van der Waals surface area contributed by atoms with Crippen LogP contribution < -0.4 is 10.1 Å². The topological polar surface area (TPSA) is 222 Å². The molecule has 5 rings (SSSR count). The second-order valence-corrected chi connectivity index (χ2v) is 8.87. The molecule has 0 spiro atoms. The summed E-state index contributed by atoms with van der Waals surface area (Å²) in [6, 6.07) is 14.8. The number of alkyl halides is 6. The van der Waals surface area contributed by atoms with Crippen LogP contribution in [-0.4, -0.2) is 60.5 Å². The number of H-pyrrole nitrogens is 1. The van der Waals surface area contributed by atoms with Gasteiger partial charge in [-0.3, -0.25) is 4.98 Å². The molecule has 4 aromatic rings. The summed E-state index contributed by atoms with van der Waals surface area (Å²) in [6.07, 6.45) is -5.83. The number of halogens is 6. The predicted octanol–water partition coefficient (Wildman–Crippen LogP) is 5.56. The standard InChI is InChI=1S/C24H14N8O.2C2HF3O2/c1-13(9-25)33-16-7-14(10-26)20(15(8-16)11-27)24-31-21-17-4-6-28-12-19(17)30-23-18(22(21)32-24)3-2-5-29-23;2*3-2(4,5)1(6)7/h2-8,12-13H,1H3,(H,29,30)(H,31,32);2*(H,6,7). The molecule has 3 aromatic heterocycles. The van der Waals surface area contributed by atoms with Crippen LogP contribution in [0.15, 0.2) is 48.9 Å². The van der Waals surface area contributed by atoms with Gasteiger partial charge in [-0.15, -0.1) is 0 Å². The minimum Gasteiger partial charge on any atom is -0.476 e. The molecule has 1 aromatic carbocycles. The van der Waals surface area contributed by atoms with E-state index in [0.717, 1.165) is 16.8 Å². The molecular weight excluding hydrogens is 642 g/mol. The summed E-state index contributed by atoms with van der Waals surface area (Å²) < 4.78 is 69.0. The molecule has 1 unspecified atom stereocenters. The third-order valence-corrected chi connectivity index (χ3v) is 5.68. The van der Waals surface area contributed by atoms with Crippen LogP contribution in [0.5, 0.6) is 5.75 Å². The van der Waals surface area contributed by atoms with Gasteiger partial charge in [0.2, 0.25) is 0 Å². The van der Waals surface area contributed by atoms with Gasteiger partial charge >= 0.3 is 24.3 Å². The molecule has 0 saturated carbocycles. The Balaban J connectivity index is 0.000000360. The number of imidazole rings is 1. The van der Waals surface area contributed by atoms with Crippen molar-refractivity contribution >= 4 is 23.4 Å². The van der Waals surface area contributed by atoms with E-state index in [-0.39, 0.29) is 16.9 Å². The Morgan fingerprint density at radius 1 is 0.936 bits per heavy atom. The number of carboxylic acids is 2. The van der Waals surface area contributed by atoms with Crippen molar-refractivity contribution in [3.8, 4) is 57.9 Å². The van der Waals surface area contributed by atoms with E-state index in [1.54, 1.807) is 25.5 Å². The number of nitrogens with one attached hydrogen (secondary N) is 2. The Hall–Kier alpha value is -6.68. The fourth-order valence-electron chi connectivity index (χ4n) is 3.76. The second kappa shape index (κ2) is 14.0. The number of hydrogen-bond donors (Lipinski definition) is 4. The molecule has 4 N–H and O–H groups in total. The van der Waals surface area contributed by atoms with Gasteiger partial charge in [-0.05, 0) is 37.3 Å². The first-order chi connectivity index (χ1) is 22.0. The monoisotopic (exact) mass is 658 g/mol. The number of carbonyl (C=O) groups is 2. The number of carboxylic acid groups (broad SMARTS) is 2. The van der Waals surface area contributed by atoms with E-state index in [1.807, 2.05) is 24.3 Å². The van der Waals surface area contributed by atoms with Crippen LogP contribution in [0.1, 0.15) is 18.1 Å². The third-order valence-electron chi connectivity index (χ3n) is 5.68. The van der Waals surface area contributed by atoms with E-state index in [2.05, 4.69) is 32.4 Å². The van der Waals surface area contributed by atoms with Gasteiger partial charge in [0.1, 0.15) is 41.3 Å². The zero-order chi connectivity index (χ0) is 35.1. The van der Waals surface area contributed by atoms with E-state index in [1.165, 1.54) is 12.1 Å². The molecule has 0 amide bonds. The number of nitrogens with zero attached hydrogens (tertiary/aromatic N) is 6. The summed E-state index contributed by atoms with van der Waals surface area (Å²) in [5.74, 6) is -4.25. The van der Waals surface area contributed by atoms with E-state index >= 15 is 0 Å². The largest absolute Gasteiger partial charge is 0.490 e. The average Bonchev–Trinajstić information content (AvgIpc) is 3.40. The van der Waals surface area contributed by atoms with Crippen molar-refractivity contribution < 1.29 is 50.9 Å². The van der Waals surface area contributed by atoms with Crippen LogP contribution in [0.3, 0.4) is 0 Å². The van der Waals surface area contributed by atoms with Gasteiger partial charge < -0.3 is 25.3 Å². The maximum absolute atomic E-state index is 10.6. The minimum atomic E-state index is -5.08. The molecule has 0 fully saturated rings. The summed E-state index contributed by atoms with van der Waals surface area (Å²) in [6.45, 7) is 1.58. The van der Waals surface area contributed by atoms with E-state index in [4.69, 9.17) is 34.8 Å². The highest BCUT2D eigenvalue weighted by Gasteiger charge is 2.39. The van der Waals surface area contributed by atoms with Gasteiger partial charge in [-0.1, -0.05) is 0 Å². The van der Waals surface area contributed by atoms with Crippen molar-refractivity contribution in [3.63, 3.8) is 0 Å². The molecule has 1 atom stereocenters. The third kappa shape index (κ3) is 8.28. The van der Waals surface area contributed by atoms with Gasteiger partial charge in [-0.2, -0.15) is 42.1 Å². The Bertz CT molecular complexity index is 1830. The number of pyridine rings is 2.